The quantitative estimate of drug-likeness (QED) is 0.174. The van der Waals surface area contributed by atoms with E-state index in [-0.39, 0.29) is 0 Å². The van der Waals surface area contributed by atoms with E-state index in [4.69, 9.17) is 9.97 Å². The topological polar surface area (TPSA) is 25.8 Å². The van der Waals surface area contributed by atoms with Crippen LogP contribution in [0.25, 0.3) is 44.7 Å². The molecule has 10 rings (SSSR count). The highest BCUT2D eigenvalue weighted by molar-refractivity contribution is 5.91. The lowest BCUT2D eigenvalue weighted by atomic mass is 9.43. The van der Waals surface area contributed by atoms with Crippen LogP contribution in [-0.4, -0.2) is 9.97 Å². The van der Waals surface area contributed by atoms with Gasteiger partial charge in [-0.15, -0.1) is 0 Å². The molecule has 0 bridgehead atoms. The van der Waals surface area contributed by atoms with Crippen LogP contribution in [-0.2, 0) is 10.8 Å². The van der Waals surface area contributed by atoms with E-state index in [0.717, 1.165) is 33.5 Å². The van der Waals surface area contributed by atoms with Gasteiger partial charge in [0, 0.05) is 11.1 Å². The van der Waals surface area contributed by atoms with E-state index in [1.54, 1.807) is 0 Å². The van der Waals surface area contributed by atoms with Gasteiger partial charge >= 0.3 is 0 Å². The first kappa shape index (κ1) is 31.8. The Balaban J connectivity index is 1.38. The van der Waals surface area contributed by atoms with Crippen molar-refractivity contribution in [2.24, 2.45) is 0 Å². The number of nitrogens with zero attached hydrogens (tertiary/aromatic N) is 2. The molecule has 1 heterocycles. The highest BCUT2D eigenvalue weighted by Crippen LogP contribution is 2.65. The SMILES string of the molecule is c1ccc(-c2nc3ccccc3nc2-c2ccc3c(c2)-c2ccccc2C(c2ccccc2)(c2ccccc2)C3(c2ccccc2)c2ccccc2)cc1. The number of benzene rings is 8. The van der Waals surface area contributed by atoms with Gasteiger partial charge in [-0.2, -0.15) is 0 Å². The summed E-state index contributed by atoms with van der Waals surface area (Å²) in [7, 11) is 0. The van der Waals surface area contributed by atoms with Crippen molar-refractivity contribution >= 4 is 11.0 Å². The second kappa shape index (κ2) is 12.9. The molecule has 0 saturated heterocycles. The molecular weight excluding hydrogens is 653 g/mol. The first-order valence-corrected chi connectivity index (χ1v) is 18.6. The molecule has 0 radical (unpaired) electrons. The third-order valence-electron chi connectivity index (χ3n) is 11.3. The van der Waals surface area contributed by atoms with Gasteiger partial charge in [0.05, 0.1) is 33.3 Å². The summed E-state index contributed by atoms with van der Waals surface area (Å²) < 4.78 is 0. The molecule has 0 aliphatic heterocycles. The van der Waals surface area contributed by atoms with Crippen molar-refractivity contribution in [1.29, 1.82) is 0 Å². The molecule has 9 aromatic rings. The maximum absolute atomic E-state index is 5.34. The van der Waals surface area contributed by atoms with Gasteiger partial charge < -0.3 is 0 Å². The van der Waals surface area contributed by atoms with E-state index in [1.807, 2.05) is 24.3 Å². The van der Waals surface area contributed by atoms with Crippen LogP contribution in [0.4, 0.5) is 0 Å². The summed E-state index contributed by atoms with van der Waals surface area (Å²) in [6.07, 6.45) is 0. The van der Waals surface area contributed by atoms with Crippen LogP contribution < -0.4 is 0 Å². The molecule has 8 aromatic carbocycles. The average Bonchev–Trinajstić information content (AvgIpc) is 3.27. The molecule has 1 aliphatic carbocycles. The number of aromatic nitrogens is 2. The largest absolute Gasteiger partial charge is 0.244 e. The fourth-order valence-electron chi connectivity index (χ4n) is 9.26. The van der Waals surface area contributed by atoms with Gasteiger partial charge in [-0.1, -0.05) is 200 Å². The van der Waals surface area contributed by atoms with Gasteiger partial charge in [0.25, 0.3) is 0 Å². The third-order valence-corrected chi connectivity index (χ3v) is 11.3. The van der Waals surface area contributed by atoms with Gasteiger partial charge in [0.15, 0.2) is 0 Å². The van der Waals surface area contributed by atoms with Crippen LogP contribution in [0.2, 0.25) is 0 Å². The number of para-hydroxylation sites is 2. The number of hydrogen-bond acceptors (Lipinski definition) is 2. The zero-order chi connectivity index (χ0) is 36.0. The van der Waals surface area contributed by atoms with Crippen molar-refractivity contribution in [3.63, 3.8) is 0 Å². The Hall–Kier alpha value is -6.90. The number of rotatable bonds is 6. The summed E-state index contributed by atoms with van der Waals surface area (Å²) in [6.45, 7) is 0. The molecule has 254 valence electrons. The molecule has 0 fully saturated rings. The third kappa shape index (κ3) is 4.67. The zero-order valence-electron chi connectivity index (χ0n) is 29.7. The summed E-state index contributed by atoms with van der Waals surface area (Å²) in [5, 5.41) is 0. The average molecular weight is 689 g/mol. The van der Waals surface area contributed by atoms with Crippen LogP contribution >= 0.6 is 0 Å². The van der Waals surface area contributed by atoms with Gasteiger partial charge in [0.2, 0.25) is 0 Å². The fraction of sp³-hybridized carbons (Fsp3) is 0.0385. The molecule has 1 aromatic heterocycles. The highest BCUT2D eigenvalue weighted by atomic mass is 14.8. The lowest BCUT2D eigenvalue weighted by molar-refractivity contribution is 0.415. The predicted octanol–water partition coefficient (Wildman–Crippen LogP) is 12.3. The Morgan fingerprint density at radius 2 is 0.648 bits per heavy atom. The van der Waals surface area contributed by atoms with Crippen molar-refractivity contribution in [3.05, 3.63) is 252 Å². The van der Waals surface area contributed by atoms with Crippen LogP contribution in [0.1, 0.15) is 33.4 Å². The Morgan fingerprint density at radius 3 is 1.13 bits per heavy atom. The first-order chi connectivity index (χ1) is 26.8. The number of fused-ring (bicyclic) bond motifs is 4. The number of hydrogen-bond donors (Lipinski definition) is 0. The second-order valence-corrected chi connectivity index (χ2v) is 14.0. The lowest BCUT2D eigenvalue weighted by Crippen LogP contribution is -2.54. The minimum Gasteiger partial charge on any atom is -0.244 e. The van der Waals surface area contributed by atoms with E-state index in [2.05, 4.69) is 194 Å². The Kier molecular flexibility index (Phi) is 7.63. The van der Waals surface area contributed by atoms with E-state index in [0.29, 0.717) is 0 Å². The molecule has 0 spiro atoms. The van der Waals surface area contributed by atoms with E-state index < -0.39 is 10.8 Å². The predicted molar refractivity (Wildman–Crippen MR) is 221 cm³/mol. The first-order valence-electron chi connectivity index (χ1n) is 18.6. The normalized spacial score (nSPS) is 13.9. The van der Waals surface area contributed by atoms with Crippen molar-refractivity contribution in [2.45, 2.75) is 10.8 Å². The summed E-state index contributed by atoms with van der Waals surface area (Å²) in [6, 6.07) is 79.2. The smallest absolute Gasteiger partial charge is 0.0973 e. The van der Waals surface area contributed by atoms with Crippen LogP contribution in [0, 0.1) is 0 Å². The molecule has 0 N–H and O–H groups in total. The van der Waals surface area contributed by atoms with Gasteiger partial charge in [-0.25, -0.2) is 9.97 Å². The summed E-state index contributed by atoms with van der Waals surface area (Å²) in [5.41, 5.74) is 14.0. The maximum atomic E-state index is 5.34. The van der Waals surface area contributed by atoms with Crippen LogP contribution in [0.15, 0.2) is 218 Å². The lowest BCUT2D eigenvalue weighted by Gasteiger charge is -2.57. The summed E-state index contributed by atoms with van der Waals surface area (Å²) in [4.78, 5) is 10.6. The molecule has 0 unspecified atom stereocenters. The standard InChI is InChI=1S/C52H36N2/c1-6-20-37(21-7-1)49-50(54-48-33-19-18-32-47(48)53-49)38-34-35-46-44(36-38)43-30-16-17-31-45(43)51(39-22-8-2-9-23-39,40-24-10-3-11-25-40)52(46,41-26-12-4-13-27-41)42-28-14-5-15-29-42/h1-36H. The van der Waals surface area contributed by atoms with E-state index in [1.165, 1.54) is 44.5 Å². The molecular formula is C52H36N2. The van der Waals surface area contributed by atoms with Crippen LogP contribution in [0.5, 0.6) is 0 Å². The summed E-state index contributed by atoms with van der Waals surface area (Å²) in [5.74, 6) is 0. The van der Waals surface area contributed by atoms with Gasteiger partial charge in [0.1, 0.15) is 0 Å². The Bertz CT molecular complexity index is 2660. The van der Waals surface area contributed by atoms with Crippen molar-refractivity contribution in [3.8, 4) is 33.6 Å². The monoisotopic (exact) mass is 688 g/mol. The van der Waals surface area contributed by atoms with E-state index in [9.17, 15) is 0 Å². The molecule has 0 amide bonds. The fourth-order valence-corrected chi connectivity index (χ4v) is 9.26. The molecule has 2 heteroatoms. The maximum Gasteiger partial charge on any atom is 0.0973 e. The van der Waals surface area contributed by atoms with Crippen LogP contribution in [0.3, 0.4) is 0 Å². The molecule has 1 aliphatic rings. The summed E-state index contributed by atoms with van der Waals surface area (Å²) >= 11 is 0. The Labute approximate surface area is 316 Å². The Morgan fingerprint density at radius 1 is 0.278 bits per heavy atom. The molecule has 54 heavy (non-hydrogen) atoms. The zero-order valence-corrected chi connectivity index (χ0v) is 29.7. The van der Waals surface area contributed by atoms with E-state index >= 15 is 0 Å². The molecule has 0 saturated carbocycles. The highest BCUT2D eigenvalue weighted by Gasteiger charge is 2.61. The molecule has 2 nitrogen and oxygen atoms in total. The van der Waals surface area contributed by atoms with Crippen molar-refractivity contribution < 1.29 is 0 Å². The minimum atomic E-state index is -0.697. The van der Waals surface area contributed by atoms with Gasteiger partial charge in [-0.05, 0) is 62.7 Å². The second-order valence-electron chi connectivity index (χ2n) is 14.0. The molecule has 0 atom stereocenters. The minimum absolute atomic E-state index is 0.665. The van der Waals surface area contributed by atoms with Crippen molar-refractivity contribution in [2.75, 3.05) is 0 Å². The van der Waals surface area contributed by atoms with Gasteiger partial charge in [-0.3, -0.25) is 0 Å². The van der Waals surface area contributed by atoms with Crippen molar-refractivity contribution in [1.82, 2.24) is 9.97 Å².